The monoisotopic (exact) mass is 858 g/mol. The lowest BCUT2D eigenvalue weighted by molar-refractivity contribution is 0.0605. The molecule has 2 aliphatic carbocycles. The molecule has 2 aliphatic rings. The number of amides is 2. The fourth-order valence-corrected chi connectivity index (χ4v) is 8.18. The zero-order valence-electron chi connectivity index (χ0n) is 33.4. The van der Waals surface area contributed by atoms with E-state index in [2.05, 4.69) is 35.9 Å². The molecule has 55 heavy (non-hydrogen) atoms. The lowest BCUT2D eigenvalue weighted by atomic mass is 9.76. The molecule has 0 saturated heterocycles. The molecule has 0 unspecified atom stereocenters. The van der Waals surface area contributed by atoms with Gasteiger partial charge in [0.25, 0.3) is 0 Å². The van der Waals surface area contributed by atoms with Crippen LogP contribution in [0.1, 0.15) is 83.5 Å². The number of hydrogen-bond acceptors (Lipinski definition) is 14. The largest absolute Gasteiger partial charge is 0.450 e. The maximum Gasteiger partial charge on any atom is 0.407 e. The third-order valence-corrected chi connectivity index (χ3v) is 11.7. The highest BCUT2D eigenvalue weighted by molar-refractivity contribution is 7.99. The Kier molecular flexibility index (Phi) is 35.1. The van der Waals surface area contributed by atoms with Crippen molar-refractivity contribution in [2.75, 3.05) is 127 Å². The van der Waals surface area contributed by atoms with Crippen molar-refractivity contribution in [3.05, 3.63) is 0 Å². The van der Waals surface area contributed by atoms with Crippen molar-refractivity contribution >= 4 is 61.0 Å². The molecule has 2 rings (SSSR count). The molecule has 2 fully saturated rings. The predicted octanol–water partition coefficient (Wildman–Crippen LogP) is 6.93. The lowest BCUT2D eigenvalue weighted by Crippen LogP contribution is -2.39. The Morgan fingerprint density at radius 3 is 1.13 bits per heavy atom. The van der Waals surface area contributed by atoms with E-state index in [4.69, 9.17) is 37.9 Å². The maximum atomic E-state index is 12.3. The Morgan fingerprint density at radius 2 is 0.764 bits per heavy atom. The number of unbranched alkanes of at least 4 members (excludes halogenated alkanes) is 2. The summed E-state index contributed by atoms with van der Waals surface area (Å²) in [6.45, 7) is 8.94. The fourth-order valence-electron chi connectivity index (χ4n) is 6.57. The number of ether oxygens (including phenoxy) is 8. The first-order chi connectivity index (χ1) is 27.1. The van der Waals surface area contributed by atoms with Gasteiger partial charge in [-0.05, 0) is 95.3 Å². The van der Waals surface area contributed by atoms with E-state index in [0.29, 0.717) is 66.1 Å². The summed E-state index contributed by atoms with van der Waals surface area (Å²) in [5.74, 6) is 6.70. The summed E-state index contributed by atoms with van der Waals surface area (Å²) >= 11 is 11.8. The summed E-state index contributed by atoms with van der Waals surface area (Å²) in [5.41, 5.74) is 0. The van der Waals surface area contributed by atoms with Gasteiger partial charge in [-0.3, -0.25) is 0 Å². The zero-order valence-corrected chi connectivity index (χ0v) is 36.9. The SMILES string of the molecule is O=C(NC1CCC(CC2CCC(NC(=O)OCCCCOCCSCCOCCOCCS)CC2)CC1)OCCCCOCCSCCOCCOCCS. The molecule has 2 N–H and O–H groups in total. The molecule has 0 radical (unpaired) electrons. The van der Waals surface area contributed by atoms with Crippen molar-refractivity contribution < 1.29 is 47.5 Å². The van der Waals surface area contributed by atoms with Crippen LogP contribution in [0.15, 0.2) is 0 Å². The van der Waals surface area contributed by atoms with E-state index in [-0.39, 0.29) is 24.3 Å². The molecular formula is C39H74N2O10S4. The summed E-state index contributed by atoms with van der Waals surface area (Å²) < 4.78 is 43.9. The van der Waals surface area contributed by atoms with Gasteiger partial charge >= 0.3 is 12.2 Å². The number of thiol groups is 2. The normalized spacial score (nSPS) is 20.0. The summed E-state index contributed by atoms with van der Waals surface area (Å²) in [4.78, 5) is 24.6. The Hall–Kier alpha value is -0.300. The number of hydrogen-bond donors (Lipinski definition) is 4. The van der Waals surface area contributed by atoms with Crippen molar-refractivity contribution in [2.45, 2.75) is 95.6 Å². The Bertz CT molecular complexity index is 820. The topological polar surface area (TPSA) is 132 Å². The predicted molar refractivity (Wildman–Crippen MR) is 231 cm³/mol. The highest BCUT2D eigenvalue weighted by Crippen LogP contribution is 2.35. The maximum absolute atomic E-state index is 12.3. The van der Waals surface area contributed by atoms with Gasteiger partial charge in [0.1, 0.15) is 0 Å². The van der Waals surface area contributed by atoms with Crippen LogP contribution in [0.2, 0.25) is 0 Å². The smallest absolute Gasteiger partial charge is 0.407 e. The summed E-state index contributed by atoms with van der Waals surface area (Å²) in [7, 11) is 0. The van der Waals surface area contributed by atoms with Crippen molar-refractivity contribution in [2.24, 2.45) is 11.8 Å². The van der Waals surface area contributed by atoms with Crippen molar-refractivity contribution in [1.29, 1.82) is 0 Å². The Balaban J connectivity index is 1.32. The molecule has 0 aromatic carbocycles. The van der Waals surface area contributed by atoms with E-state index in [1.807, 2.05) is 23.5 Å². The molecule has 0 aromatic rings. The summed E-state index contributed by atoms with van der Waals surface area (Å²) in [5, 5.41) is 6.16. The minimum Gasteiger partial charge on any atom is -0.450 e. The van der Waals surface area contributed by atoms with E-state index in [1.54, 1.807) is 0 Å². The Morgan fingerprint density at radius 1 is 0.436 bits per heavy atom. The first-order valence-electron chi connectivity index (χ1n) is 20.8. The zero-order chi connectivity index (χ0) is 39.3. The summed E-state index contributed by atoms with van der Waals surface area (Å²) in [6, 6.07) is 0.416. The standard InChI is InChI=1S/C39H74N2O10S4/c42-38(50-15-3-1-13-44-23-29-54-31-25-48-19-17-46-21-27-52)40-36-9-5-34(6-10-36)33-35-7-11-37(12-8-35)41-39(43)51-16-4-2-14-45-24-30-55-32-26-49-20-18-47-22-28-53/h34-37,52-53H,1-33H2,(H,40,42)(H,41,43). The third kappa shape index (κ3) is 31.3. The molecule has 0 bridgehead atoms. The van der Waals surface area contributed by atoms with E-state index in [0.717, 1.165) is 150 Å². The second-order valence-electron chi connectivity index (χ2n) is 14.0. The van der Waals surface area contributed by atoms with Gasteiger partial charge in [-0.2, -0.15) is 48.8 Å². The highest BCUT2D eigenvalue weighted by atomic mass is 32.2. The van der Waals surface area contributed by atoms with Crippen LogP contribution in [0, 0.1) is 11.8 Å². The van der Waals surface area contributed by atoms with Gasteiger partial charge in [0.05, 0.1) is 79.3 Å². The highest BCUT2D eigenvalue weighted by Gasteiger charge is 2.28. The van der Waals surface area contributed by atoms with Crippen molar-refractivity contribution in [1.82, 2.24) is 10.6 Å². The van der Waals surface area contributed by atoms with E-state index < -0.39 is 0 Å². The first-order valence-corrected chi connectivity index (χ1v) is 24.4. The first kappa shape index (κ1) is 50.8. The second kappa shape index (κ2) is 37.9. The number of thioether (sulfide) groups is 2. The number of rotatable bonds is 36. The van der Waals surface area contributed by atoms with Crippen LogP contribution >= 0.6 is 48.8 Å². The average Bonchev–Trinajstić information content (AvgIpc) is 3.19. The van der Waals surface area contributed by atoms with Crippen molar-refractivity contribution in [3.8, 4) is 0 Å². The molecule has 16 heteroatoms. The molecule has 0 spiro atoms. The minimum absolute atomic E-state index is 0.208. The van der Waals surface area contributed by atoms with Crippen LogP contribution in [0.4, 0.5) is 9.59 Å². The quantitative estimate of drug-likeness (QED) is 0.0385. The number of nitrogens with one attached hydrogen (secondary N) is 2. The van der Waals surface area contributed by atoms with Gasteiger partial charge in [0.15, 0.2) is 0 Å². The number of carbonyl (C=O) groups is 2. The third-order valence-electron chi connectivity index (χ3n) is 9.54. The van der Waals surface area contributed by atoms with Crippen LogP contribution in [-0.2, 0) is 37.9 Å². The number of alkyl carbamates (subject to hydrolysis) is 2. The van der Waals surface area contributed by atoms with Gasteiger partial charge in [-0.1, -0.05) is 0 Å². The lowest BCUT2D eigenvalue weighted by Gasteiger charge is -2.34. The molecule has 12 nitrogen and oxygen atoms in total. The fraction of sp³-hybridized carbons (Fsp3) is 0.949. The van der Waals surface area contributed by atoms with Gasteiger partial charge < -0.3 is 48.5 Å². The molecule has 2 saturated carbocycles. The molecule has 0 heterocycles. The van der Waals surface area contributed by atoms with E-state index >= 15 is 0 Å². The van der Waals surface area contributed by atoms with Crippen LogP contribution in [0.3, 0.4) is 0 Å². The molecular weight excluding hydrogens is 785 g/mol. The Labute approximate surface area is 351 Å². The average molecular weight is 859 g/mol. The van der Waals surface area contributed by atoms with Crippen LogP contribution < -0.4 is 10.6 Å². The summed E-state index contributed by atoms with van der Waals surface area (Å²) in [6.07, 6.45) is 12.7. The van der Waals surface area contributed by atoms with Gasteiger partial charge in [0, 0.05) is 59.8 Å². The van der Waals surface area contributed by atoms with Crippen molar-refractivity contribution in [3.63, 3.8) is 0 Å². The van der Waals surface area contributed by atoms with Crippen LogP contribution in [-0.4, -0.2) is 151 Å². The molecule has 2 amide bonds. The van der Waals surface area contributed by atoms with E-state index in [9.17, 15) is 9.59 Å². The molecule has 0 aliphatic heterocycles. The van der Waals surface area contributed by atoms with Gasteiger partial charge in [0.2, 0.25) is 0 Å². The minimum atomic E-state index is -0.295. The number of carbonyl (C=O) groups excluding carboxylic acids is 2. The second-order valence-corrected chi connectivity index (χ2v) is 17.3. The van der Waals surface area contributed by atoms with Crippen LogP contribution in [0.5, 0.6) is 0 Å². The van der Waals surface area contributed by atoms with Gasteiger partial charge in [-0.25, -0.2) is 9.59 Å². The van der Waals surface area contributed by atoms with Crippen LogP contribution in [0.25, 0.3) is 0 Å². The molecule has 324 valence electrons. The van der Waals surface area contributed by atoms with Gasteiger partial charge in [-0.15, -0.1) is 0 Å². The van der Waals surface area contributed by atoms with E-state index in [1.165, 1.54) is 6.42 Å². The molecule has 0 aromatic heterocycles. The molecule has 0 atom stereocenters.